The van der Waals surface area contributed by atoms with Gasteiger partial charge in [-0.25, -0.2) is 0 Å². The molecule has 1 aromatic carbocycles. The van der Waals surface area contributed by atoms with Crippen LogP contribution < -0.4 is 0 Å². The Balaban J connectivity index is 1.49. The first-order valence-electron chi connectivity index (χ1n) is 10.3. The molecule has 0 aliphatic carbocycles. The van der Waals surface area contributed by atoms with E-state index in [-0.39, 0.29) is 0 Å². The number of aromatic nitrogens is 2. The van der Waals surface area contributed by atoms with E-state index in [1.165, 1.54) is 36.2 Å². The van der Waals surface area contributed by atoms with Gasteiger partial charge in [-0.2, -0.15) is 13.2 Å². The lowest BCUT2D eigenvalue weighted by Crippen LogP contribution is -2.31. The highest BCUT2D eigenvalue weighted by atomic mass is 19.4. The third kappa shape index (κ3) is 3.23. The van der Waals surface area contributed by atoms with Crippen LogP contribution in [0.4, 0.5) is 13.2 Å². The van der Waals surface area contributed by atoms with Crippen LogP contribution >= 0.6 is 0 Å². The van der Waals surface area contributed by atoms with Crippen LogP contribution in [0.15, 0.2) is 36.4 Å². The van der Waals surface area contributed by atoms with Crippen LogP contribution in [0.3, 0.4) is 0 Å². The molecule has 4 heterocycles. The van der Waals surface area contributed by atoms with E-state index in [4.69, 9.17) is 4.98 Å². The Labute approximate surface area is 168 Å². The number of halogens is 3. The van der Waals surface area contributed by atoms with Crippen molar-refractivity contribution in [3.8, 4) is 0 Å². The van der Waals surface area contributed by atoms with Gasteiger partial charge in [0.2, 0.25) is 0 Å². The van der Waals surface area contributed by atoms with Gasteiger partial charge >= 0.3 is 6.18 Å². The van der Waals surface area contributed by atoms with E-state index in [0.717, 1.165) is 48.3 Å². The van der Waals surface area contributed by atoms with E-state index in [9.17, 15) is 13.2 Å². The summed E-state index contributed by atoms with van der Waals surface area (Å²) in [6.07, 6.45) is -0.162. The number of hydrogen-bond donors (Lipinski definition) is 0. The highest BCUT2D eigenvalue weighted by molar-refractivity contribution is 5.83. The van der Waals surface area contributed by atoms with Crippen LogP contribution in [-0.2, 0) is 25.6 Å². The highest BCUT2D eigenvalue weighted by Crippen LogP contribution is 2.42. The number of benzene rings is 1. The van der Waals surface area contributed by atoms with Crippen molar-refractivity contribution >= 4 is 11.0 Å². The van der Waals surface area contributed by atoms with Crippen molar-refractivity contribution in [1.29, 1.82) is 0 Å². The molecule has 5 rings (SSSR count). The maximum Gasteiger partial charge on any atom is 0.416 e. The van der Waals surface area contributed by atoms with Crippen LogP contribution in [0.1, 0.15) is 47.0 Å². The molecule has 1 atom stereocenters. The molecule has 2 aliphatic rings. The minimum absolute atomic E-state index is 0.461. The topological polar surface area (TPSA) is 21.1 Å². The molecule has 1 fully saturated rings. The Kier molecular flexibility index (Phi) is 4.42. The summed E-state index contributed by atoms with van der Waals surface area (Å²) in [5.74, 6) is 0. The molecule has 0 radical (unpaired) electrons. The molecule has 1 saturated heterocycles. The van der Waals surface area contributed by atoms with Gasteiger partial charge in [0.1, 0.15) is 0 Å². The summed E-state index contributed by atoms with van der Waals surface area (Å²) in [5, 5.41) is 0. The lowest BCUT2D eigenvalue weighted by molar-refractivity contribution is -0.137. The van der Waals surface area contributed by atoms with Gasteiger partial charge in [0, 0.05) is 42.5 Å². The average Bonchev–Trinajstić information content (AvgIpc) is 3.28. The van der Waals surface area contributed by atoms with Gasteiger partial charge < -0.3 is 4.57 Å². The molecule has 0 saturated carbocycles. The number of fused-ring (bicyclic) bond motifs is 5. The lowest BCUT2D eigenvalue weighted by atomic mass is 9.98. The molecule has 0 N–H and O–H groups in total. The summed E-state index contributed by atoms with van der Waals surface area (Å²) < 4.78 is 40.8. The predicted molar refractivity (Wildman–Crippen MR) is 107 cm³/mol. The summed E-state index contributed by atoms with van der Waals surface area (Å²) in [4.78, 5) is 7.47. The molecule has 3 aromatic rings. The smallest absolute Gasteiger partial charge is 0.343 e. The van der Waals surface area contributed by atoms with Gasteiger partial charge in [-0.1, -0.05) is 12.1 Å². The second kappa shape index (κ2) is 6.87. The SMILES string of the molecule is Cc1ccc2c(n1)c1c(n2CCc2ccc(C(F)(F)F)cc2)CCN2CCCC12. The molecule has 29 heavy (non-hydrogen) atoms. The quantitative estimate of drug-likeness (QED) is 0.596. The van der Waals surface area contributed by atoms with Crippen LogP contribution in [0.5, 0.6) is 0 Å². The molecule has 1 unspecified atom stereocenters. The molecule has 152 valence electrons. The lowest BCUT2D eigenvalue weighted by Gasteiger charge is -2.30. The largest absolute Gasteiger partial charge is 0.416 e. The van der Waals surface area contributed by atoms with E-state index in [0.29, 0.717) is 12.5 Å². The van der Waals surface area contributed by atoms with Crippen LogP contribution in [-0.4, -0.2) is 27.5 Å². The first-order valence-corrected chi connectivity index (χ1v) is 10.3. The second-order valence-electron chi connectivity index (χ2n) is 8.22. The maximum absolute atomic E-state index is 12.8. The number of hydrogen-bond acceptors (Lipinski definition) is 2. The zero-order valence-electron chi connectivity index (χ0n) is 16.5. The maximum atomic E-state index is 12.8. The van der Waals surface area contributed by atoms with E-state index >= 15 is 0 Å². The molecule has 3 nitrogen and oxygen atoms in total. The van der Waals surface area contributed by atoms with Crippen LogP contribution in [0.25, 0.3) is 11.0 Å². The fourth-order valence-corrected chi connectivity index (χ4v) is 5.04. The Morgan fingerprint density at radius 2 is 1.86 bits per heavy atom. The number of aryl methyl sites for hydroxylation is 3. The molecule has 0 spiro atoms. The molecule has 2 aliphatic heterocycles. The number of rotatable bonds is 3. The standard InChI is InChI=1S/C23H24F3N3/c1-15-4-9-20-22(27-15)21-18-3-2-12-28(18)13-11-19(21)29(20)14-10-16-5-7-17(8-6-16)23(24,25)26/h4-9,18H,2-3,10-14H2,1H3. The minimum Gasteiger partial charge on any atom is -0.343 e. The molecule has 0 bridgehead atoms. The van der Waals surface area contributed by atoms with Gasteiger partial charge in [0.25, 0.3) is 0 Å². The molecule has 6 heteroatoms. The normalized spacial score (nSPS) is 19.5. The number of pyridine rings is 1. The molecular weight excluding hydrogens is 375 g/mol. The Hall–Kier alpha value is -2.34. The predicted octanol–water partition coefficient (Wildman–Crippen LogP) is 5.30. The third-order valence-corrected chi connectivity index (χ3v) is 6.43. The zero-order valence-corrected chi connectivity index (χ0v) is 16.5. The van der Waals surface area contributed by atoms with E-state index in [1.54, 1.807) is 12.1 Å². The zero-order chi connectivity index (χ0) is 20.2. The summed E-state index contributed by atoms with van der Waals surface area (Å²) in [6, 6.07) is 10.2. The van der Waals surface area contributed by atoms with Crippen molar-refractivity contribution in [3.05, 3.63) is 64.5 Å². The second-order valence-corrected chi connectivity index (χ2v) is 8.22. The van der Waals surface area contributed by atoms with E-state index in [2.05, 4.69) is 21.6 Å². The van der Waals surface area contributed by atoms with Gasteiger partial charge in [-0.15, -0.1) is 0 Å². The summed E-state index contributed by atoms with van der Waals surface area (Å²) in [6.45, 7) is 5.02. The Bertz CT molecular complexity index is 1050. The van der Waals surface area contributed by atoms with Gasteiger partial charge in [0.15, 0.2) is 0 Å². The summed E-state index contributed by atoms with van der Waals surface area (Å²) in [7, 11) is 0. The van der Waals surface area contributed by atoms with E-state index in [1.807, 2.05) is 6.92 Å². The fraction of sp³-hybridized carbons (Fsp3) is 0.435. The summed E-state index contributed by atoms with van der Waals surface area (Å²) in [5.41, 5.74) is 6.38. The van der Waals surface area contributed by atoms with Crippen molar-refractivity contribution in [3.63, 3.8) is 0 Å². The third-order valence-electron chi connectivity index (χ3n) is 6.43. The highest BCUT2D eigenvalue weighted by Gasteiger charge is 2.36. The van der Waals surface area contributed by atoms with Crippen LogP contribution in [0.2, 0.25) is 0 Å². The first-order chi connectivity index (χ1) is 13.9. The molecule has 0 amide bonds. The van der Waals surface area contributed by atoms with Crippen molar-refractivity contribution in [2.24, 2.45) is 0 Å². The van der Waals surface area contributed by atoms with E-state index < -0.39 is 11.7 Å². The first kappa shape index (κ1) is 18.7. The number of nitrogens with zero attached hydrogens (tertiary/aromatic N) is 3. The summed E-state index contributed by atoms with van der Waals surface area (Å²) >= 11 is 0. The van der Waals surface area contributed by atoms with Gasteiger partial charge in [-0.3, -0.25) is 9.88 Å². The van der Waals surface area contributed by atoms with Crippen molar-refractivity contribution in [2.45, 2.75) is 51.4 Å². The Morgan fingerprint density at radius 1 is 1.07 bits per heavy atom. The van der Waals surface area contributed by atoms with Crippen molar-refractivity contribution in [2.75, 3.05) is 13.1 Å². The molecular formula is C23H24F3N3. The molecule has 2 aromatic heterocycles. The number of alkyl halides is 3. The fourth-order valence-electron chi connectivity index (χ4n) is 5.04. The monoisotopic (exact) mass is 399 g/mol. The van der Waals surface area contributed by atoms with Crippen LogP contribution in [0, 0.1) is 6.92 Å². The minimum atomic E-state index is -4.29. The van der Waals surface area contributed by atoms with Crippen molar-refractivity contribution < 1.29 is 13.2 Å². The van der Waals surface area contributed by atoms with Gasteiger partial charge in [-0.05, 0) is 62.6 Å². The Morgan fingerprint density at radius 3 is 2.62 bits per heavy atom. The van der Waals surface area contributed by atoms with Crippen molar-refractivity contribution in [1.82, 2.24) is 14.5 Å². The average molecular weight is 399 g/mol. The van der Waals surface area contributed by atoms with Gasteiger partial charge in [0.05, 0.1) is 16.6 Å².